The molecule has 1 aliphatic heterocycles. The number of pyridine rings is 1. The van der Waals surface area contributed by atoms with Crippen molar-refractivity contribution in [3.8, 4) is 0 Å². The Bertz CT molecular complexity index is 1050. The zero-order valence-electron chi connectivity index (χ0n) is 16.0. The monoisotopic (exact) mass is 367 g/mol. The van der Waals surface area contributed by atoms with Crippen LogP contribution in [0, 0.1) is 0 Å². The summed E-state index contributed by atoms with van der Waals surface area (Å²) in [5.41, 5.74) is 6.85. The number of hydrogen-bond acceptors (Lipinski definition) is 2. The Labute approximate surface area is 166 Å². The third-order valence-electron chi connectivity index (χ3n) is 5.88. The second kappa shape index (κ2) is 7.61. The first-order chi connectivity index (χ1) is 13.9. The van der Waals surface area contributed by atoms with Gasteiger partial charge in [-0.1, -0.05) is 54.6 Å². The Hall–Kier alpha value is -2.91. The molecule has 0 fully saturated rings. The third kappa shape index (κ3) is 3.34. The standard InChI is InChI=1S/C25H25N3/c1-2-10-20(11-3-1)22-17-28(15-7-9-19-8-6-14-26-16-19)18-23-21-12-4-5-13-24(21)27-25(22)23/h1-6,8,10-14,16,22,27H,7,9,15,17-18H2. The number of rotatable bonds is 5. The molecular formula is C25H25N3. The molecule has 1 unspecified atom stereocenters. The SMILES string of the molecule is c1ccc(C2CN(CCCc3cccnc3)Cc3c2[nH]c2ccccc32)cc1. The predicted molar refractivity (Wildman–Crippen MR) is 114 cm³/mol. The van der Waals surface area contributed by atoms with Crippen molar-refractivity contribution >= 4 is 10.9 Å². The smallest absolute Gasteiger partial charge is 0.0459 e. The molecular weight excluding hydrogens is 342 g/mol. The Morgan fingerprint density at radius 3 is 2.68 bits per heavy atom. The first kappa shape index (κ1) is 17.2. The first-order valence-corrected chi connectivity index (χ1v) is 10.1. The fourth-order valence-corrected chi connectivity index (χ4v) is 4.51. The highest BCUT2D eigenvalue weighted by atomic mass is 15.1. The summed E-state index contributed by atoms with van der Waals surface area (Å²) in [5, 5.41) is 1.37. The summed E-state index contributed by atoms with van der Waals surface area (Å²) in [6, 6.07) is 23.9. The van der Waals surface area contributed by atoms with E-state index in [4.69, 9.17) is 0 Å². The summed E-state index contributed by atoms with van der Waals surface area (Å²) in [6.45, 7) is 3.20. The fraction of sp³-hybridized carbons (Fsp3) is 0.240. The summed E-state index contributed by atoms with van der Waals surface area (Å²) in [7, 11) is 0. The van der Waals surface area contributed by atoms with Crippen molar-refractivity contribution in [1.29, 1.82) is 0 Å². The van der Waals surface area contributed by atoms with Crippen molar-refractivity contribution in [1.82, 2.24) is 14.9 Å². The predicted octanol–water partition coefficient (Wildman–Crippen LogP) is 5.14. The molecule has 1 atom stereocenters. The van der Waals surface area contributed by atoms with E-state index in [1.54, 1.807) is 0 Å². The highest BCUT2D eigenvalue weighted by Gasteiger charge is 2.29. The first-order valence-electron chi connectivity index (χ1n) is 10.1. The topological polar surface area (TPSA) is 31.9 Å². The minimum Gasteiger partial charge on any atom is -0.358 e. The number of aryl methyl sites for hydroxylation is 1. The number of aromatic amines is 1. The van der Waals surface area contributed by atoms with E-state index in [1.165, 1.54) is 33.3 Å². The van der Waals surface area contributed by atoms with E-state index in [0.717, 1.165) is 32.5 Å². The maximum atomic E-state index is 4.24. The van der Waals surface area contributed by atoms with Crippen molar-refractivity contribution in [3.05, 3.63) is 102 Å². The average molecular weight is 367 g/mol. The number of fused-ring (bicyclic) bond motifs is 3. The highest BCUT2D eigenvalue weighted by molar-refractivity contribution is 5.85. The molecule has 1 N–H and O–H groups in total. The van der Waals surface area contributed by atoms with Crippen LogP contribution >= 0.6 is 0 Å². The minimum absolute atomic E-state index is 0.399. The van der Waals surface area contributed by atoms with Crippen LogP contribution in [-0.4, -0.2) is 28.0 Å². The lowest BCUT2D eigenvalue weighted by Gasteiger charge is -2.33. The van der Waals surface area contributed by atoms with Gasteiger partial charge in [0.05, 0.1) is 0 Å². The molecule has 3 heteroatoms. The lowest BCUT2D eigenvalue weighted by molar-refractivity contribution is 0.237. The lowest BCUT2D eigenvalue weighted by Crippen LogP contribution is -2.34. The Kier molecular flexibility index (Phi) is 4.67. The zero-order valence-corrected chi connectivity index (χ0v) is 16.0. The molecule has 4 aromatic rings. The van der Waals surface area contributed by atoms with Gasteiger partial charge in [-0.05, 0) is 48.2 Å². The van der Waals surface area contributed by atoms with Crippen LogP contribution in [0.25, 0.3) is 10.9 Å². The van der Waals surface area contributed by atoms with Gasteiger partial charge in [0.25, 0.3) is 0 Å². The van der Waals surface area contributed by atoms with Crippen LogP contribution in [0.4, 0.5) is 0 Å². The molecule has 5 rings (SSSR count). The summed E-state index contributed by atoms with van der Waals surface area (Å²) in [6.07, 6.45) is 6.07. The Balaban J connectivity index is 1.42. The molecule has 0 saturated carbocycles. The van der Waals surface area contributed by atoms with Crippen molar-refractivity contribution in [2.24, 2.45) is 0 Å². The second-order valence-corrected chi connectivity index (χ2v) is 7.73. The number of hydrogen-bond donors (Lipinski definition) is 1. The van der Waals surface area contributed by atoms with E-state index in [9.17, 15) is 0 Å². The molecule has 0 bridgehead atoms. The zero-order chi connectivity index (χ0) is 18.8. The molecule has 140 valence electrons. The molecule has 3 heterocycles. The molecule has 0 radical (unpaired) electrons. The fourth-order valence-electron chi connectivity index (χ4n) is 4.51. The van der Waals surface area contributed by atoms with Crippen molar-refractivity contribution in [2.75, 3.05) is 13.1 Å². The van der Waals surface area contributed by atoms with Gasteiger partial charge in [-0.25, -0.2) is 0 Å². The largest absolute Gasteiger partial charge is 0.358 e. The van der Waals surface area contributed by atoms with E-state index >= 15 is 0 Å². The van der Waals surface area contributed by atoms with E-state index in [2.05, 4.69) is 75.5 Å². The lowest BCUT2D eigenvalue weighted by atomic mass is 9.88. The summed E-state index contributed by atoms with van der Waals surface area (Å²) in [4.78, 5) is 10.6. The minimum atomic E-state index is 0.399. The van der Waals surface area contributed by atoms with Crippen LogP contribution in [0.15, 0.2) is 79.1 Å². The van der Waals surface area contributed by atoms with Gasteiger partial charge in [0.1, 0.15) is 0 Å². The molecule has 0 spiro atoms. The van der Waals surface area contributed by atoms with Gasteiger partial charge < -0.3 is 4.98 Å². The number of H-pyrrole nitrogens is 1. The third-order valence-corrected chi connectivity index (χ3v) is 5.88. The van der Waals surface area contributed by atoms with Gasteiger partial charge in [0, 0.05) is 48.0 Å². The van der Waals surface area contributed by atoms with Gasteiger partial charge in [0.2, 0.25) is 0 Å². The van der Waals surface area contributed by atoms with Crippen LogP contribution in [0.5, 0.6) is 0 Å². The average Bonchev–Trinajstić information content (AvgIpc) is 3.13. The van der Waals surface area contributed by atoms with Crippen molar-refractivity contribution in [3.63, 3.8) is 0 Å². The van der Waals surface area contributed by atoms with E-state index in [-0.39, 0.29) is 0 Å². The molecule has 0 aliphatic carbocycles. The Morgan fingerprint density at radius 2 is 1.82 bits per heavy atom. The van der Waals surface area contributed by atoms with Crippen LogP contribution in [0.2, 0.25) is 0 Å². The van der Waals surface area contributed by atoms with Crippen LogP contribution in [-0.2, 0) is 13.0 Å². The number of nitrogens with one attached hydrogen (secondary N) is 1. The number of nitrogens with zero attached hydrogens (tertiary/aromatic N) is 2. The quantitative estimate of drug-likeness (QED) is 0.529. The Morgan fingerprint density at radius 1 is 0.964 bits per heavy atom. The molecule has 2 aromatic heterocycles. The van der Waals surface area contributed by atoms with Crippen molar-refractivity contribution < 1.29 is 0 Å². The summed E-state index contributed by atoms with van der Waals surface area (Å²) < 4.78 is 0. The van der Waals surface area contributed by atoms with Gasteiger partial charge in [-0.15, -0.1) is 0 Å². The highest BCUT2D eigenvalue weighted by Crippen LogP contribution is 2.37. The van der Waals surface area contributed by atoms with Gasteiger partial charge in [-0.3, -0.25) is 9.88 Å². The molecule has 1 aliphatic rings. The van der Waals surface area contributed by atoms with E-state index < -0.39 is 0 Å². The second-order valence-electron chi connectivity index (χ2n) is 7.73. The number of benzene rings is 2. The van der Waals surface area contributed by atoms with Gasteiger partial charge >= 0.3 is 0 Å². The maximum absolute atomic E-state index is 4.24. The van der Waals surface area contributed by atoms with Gasteiger partial charge in [0.15, 0.2) is 0 Å². The number of para-hydroxylation sites is 1. The molecule has 3 nitrogen and oxygen atoms in total. The molecule has 2 aromatic carbocycles. The normalized spacial score (nSPS) is 16.9. The molecule has 0 amide bonds. The van der Waals surface area contributed by atoms with Crippen molar-refractivity contribution in [2.45, 2.75) is 25.3 Å². The maximum Gasteiger partial charge on any atom is 0.0459 e. The van der Waals surface area contributed by atoms with Crippen LogP contribution < -0.4 is 0 Å². The van der Waals surface area contributed by atoms with Crippen LogP contribution in [0.3, 0.4) is 0 Å². The van der Waals surface area contributed by atoms with E-state index in [0.29, 0.717) is 5.92 Å². The van der Waals surface area contributed by atoms with Gasteiger partial charge in [-0.2, -0.15) is 0 Å². The summed E-state index contributed by atoms with van der Waals surface area (Å²) in [5.74, 6) is 0.399. The number of aromatic nitrogens is 2. The van der Waals surface area contributed by atoms with E-state index in [1.807, 2.05) is 18.5 Å². The molecule has 0 saturated heterocycles. The summed E-state index contributed by atoms with van der Waals surface area (Å²) >= 11 is 0. The van der Waals surface area contributed by atoms with Crippen LogP contribution in [0.1, 0.15) is 34.7 Å². The molecule has 28 heavy (non-hydrogen) atoms.